The van der Waals surface area contributed by atoms with Crippen LogP contribution < -0.4 is 0 Å². The molecule has 158 valence electrons. The van der Waals surface area contributed by atoms with E-state index in [0.717, 1.165) is 0 Å². The summed E-state index contributed by atoms with van der Waals surface area (Å²) in [7, 11) is -4.80. The van der Waals surface area contributed by atoms with Crippen molar-refractivity contribution in [3.63, 3.8) is 0 Å². The third-order valence-corrected chi connectivity index (χ3v) is 5.07. The Bertz CT molecular complexity index is 1020. The van der Waals surface area contributed by atoms with Crippen LogP contribution in [0.25, 0.3) is 0 Å². The molecular formula is C12H10F3N5O7S2. The first kappa shape index (κ1) is 21.0. The van der Waals surface area contributed by atoms with Crippen molar-refractivity contribution in [3.05, 3.63) is 34.3 Å². The van der Waals surface area contributed by atoms with Gasteiger partial charge >= 0.3 is 28.6 Å². The monoisotopic (exact) mass is 457 g/mol. The third kappa shape index (κ3) is 4.16. The van der Waals surface area contributed by atoms with Crippen molar-refractivity contribution < 1.29 is 45.1 Å². The summed E-state index contributed by atoms with van der Waals surface area (Å²) in [6.45, 7) is 0.217. The van der Waals surface area contributed by atoms with Gasteiger partial charge in [0.15, 0.2) is 0 Å². The van der Waals surface area contributed by atoms with Gasteiger partial charge in [-0.15, -0.1) is 15.6 Å². The maximum atomic E-state index is 12.4. The maximum absolute atomic E-state index is 12.4. The van der Waals surface area contributed by atoms with Crippen LogP contribution in [0.4, 0.5) is 18.0 Å². The number of carboxylic acid groups (broad SMARTS) is 1. The summed E-state index contributed by atoms with van der Waals surface area (Å²) < 4.78 is 67.0. The number of carboxylic acids is 1. The number of nitrogens with zero attached hydrogens (tertiary/aromatic N) is 4. The molecule has 2 bridgehead atoms. The van der Waals surface area contributed by atoms with Gasteiger partial charge in [-0.25, -0.2) is 19.6 Å². The minimum Gasteiger partial charge on any atom is -0.475 e. The van der Waals surface area contributed by atoms with E-state index in [9.17, 15) is 26.4 Å². The molecule has 1 saturated heterocycles. The molecule has 0 aromatic carbocycles. The third-order valence-electron chi connectivity index (χ3n) is 3.78. The number of hydrogen-bond acceptors (Lipinski definition) is 8. The first-order valence-corrected chi connectivity index (χ1v) is 9.64. The van der Waals surface area contributed by atoms with E-state index in [0.29, 0.717) is 21.5 Å². The van der Waals surface area contributed by atoms with Gasteiger partial charge in [0.25, 0.3) is 0 Å². The Morgan fingerprint density at radius 2 is 2.03 bits per heavy atom. The molecule has 0 aliphatic carbocycles. The van der Waals surface area contributed by atoms with Gasteiger partial charge in [-0.05, 0) is 0 Å². The molecule has 3 N–H and O–H groups in total. The number of alkyl halides is 3. The van der Waals surface area contributed by atoms with Crippen LogP contribution in [0.1, 0.15) is 28.5 Å². The molecule has 12 nitrogen and oxygen atoms in total. The minimum absolute atomic E-state index is 0.217. The summed E-state index contributed by atoms with van der Waals surface area (Å²) in [5.41, 5.74) is 2.23. The second-order valence-corrected chi connectivity index (χ2v) is 7.45. The predicted octanol–water partition coefficient (Wildman–Crippen LogP) is 1.12. The van der Waals surface area contributed by atoms with Crippen molar-refractivity contribution in [3.8, 4) is 0 Å². The molecule has 1 unspecified atom stereocenters. The number of H-pyrrole nitrogens is 1. The second-order valence-electron chi connectivity index (χ2n) is 5.56. The number of imidazole rings is 1. The molecule has 0 saturated carbocycles. The SMILES string of the molecule is O=C(O)C(F)(F)F.O=C1N2C[C@@H](c3scnc3C2c2ncc[nH]2)N1OS(=O)(=O)O. The average Bonchev–Trinajstić information content (AvgIpc) is 3.31. The van der Waals surface area contributed by atoms with E-state index < -0.39 is 40.7 Å². The van der Waals surface area contributed by atoms with Crippen molar-refractivity contribution in [2.45, 2.75) is 18.3 Å². The smallest absolute Gasteiger partial charge is 0.475 e. The van der Waals surface area contributed by atoms with Crippen molar-refractivity contribution in [2.24, 2.45) is 0 Å². The number of urea groups is 1. The van der Waals surface area contributed by atoms with Gasteiger partial charge in [0, 0.05) is 12.4 Å². The predicted molar refractivity (Wildman–Crippen MR) is 85.6 cm³/mol. The lowest BCUT2D eigenvalue weighted by Crippen LogP contribution is -2.36. The molecule has 2 aliphatic rings. The maximum Gasteiger partial charge on any atom is 0.490 e. The number of carbonyl (C=O) groups is 2. The highest BCUT2D eigenvalue weighted by Crippen LogP contribution is 2.46. The van der Waals surface area contributed by atoms with E-state index in [1.54, 1.807) is 17.9 Å². The van der Waals surface area contributed by atoms with E-state index in [1.807, 2.05) is 0 Å². The largest absolute Gasteiger partial charge is 0.490 e. The molecule has 2 atom stereocenters. The van der Waals surface area contributed by atoms with E-state index >= 15 is 0 Å². The highest BCUT2D eigenvalue weighted by molar-refractivity contribution is 7.80. The highest BCUT2D eigenvalue weighted by Gasteiger charge is 2.52. The lowest BCUT2D eigenvalue weighted by molar-refractivity contribution is -0.192. The molecule has 2 aromatic heterocycles. The van der Waals surface area contributed by atoms with Crippen LogP contribution in [0.15, 0.2) is 17.9 Å². The lowest BCUT2D eigenvalue weighted by Gasteiger charge is -2.27. The zero-order valence-corrected chi connectivity index (χ0v) is 15.4. The second kappa shape index (κ2) is 7.25. The quantitative estimate of drug-likeness (QED) is 0.572. The summed E-state index contributed by atoms with van der Waals surface area (Å²) in [5, 5.41) is 7.79. The Morgan fingerprint density at radius 3 is 2.55 bits per heavy atom. The van der Waals surface area contributed by atoms with Crippen molar-refractivity contribution in [1.82, 2.24) is 24.9 Å². The van der Waals surface area contributed by atoms with Gasteiger partial charge in [-0.3, -0.25) is 4.55 Å². The van der Waals surface area contributed by atoms with Crippen molar-refractivity contribution in [2.75, 3.05) is 6.54 Å². The molecule has 4 heterocycles. The van der Waals surface area contributed by atoms with Crippen LogP contribution in [0.2, 0.25) is 0 Å². The fourth-order valence-corrected chi connectivity index (χ4v) is 4.02. The number of thiazole rings is 1. The topological polar surface area (TPSA) is 166 Å². The molecule has 0 spiro atoms. The van der Waals surface area contributed by atoms with Gasteiger partial charge in [-0.1, -0.05) is 0 Å². The number of aliphatic carboxylic acids is 1. The van der Waals surface area contributed by atoms with Crippen LogP contribution >= 0.6 is 11.3 Å². The number of amides is 2. The fourth-order valence-electron chi connectivity index (χ4n) is 2.76. The highest BCUT2D eigenvalue weighted by atomic mass is 32.3. The summed E-state index contributed by atoms with van der Waals surface area (Å²) in [5.74, 6) is -2.24. The minimum atomic E-state index is -5.08. The Labute approximate surface area is 163 Å². The van der Waals surface area contributed by atoms with Crippen LogP contribution in [0.3, 0.4) is 0 Å². The molecular weight excluding hydrogens is 447 g/mol. The van der Waals surface area contributed by atoms with Gasteiger partial charge in [0.05, 0.1) is 22.6 Å². The molecule has 2 aromatic rings. The average molecular weight is 457 g/mol. The van der Waals surface area contributed by atoms with Crippen LogP contribution in [-0.2, 0) is 19.5 Å². The van der Waals surface area contributed by atoms with E-state index in [4.69, 9.17) is 14.5 Å². The lowest BCUT2D eigenvalue weighted by atomic mass is 10.0. The number of aromatic nitrogens is 3. The number of hydroxylamine groups is 2. The number of rotatable bonds is 3. The number of nitrogens with one attached hydrogen (secondary N) is 1. The normalized spacial score (nSPS) is 20.9. The molecule has 17 heteroatoms. The zero-order valence-electron chi connectivity index (χ0n) is 13.8. The Morgan fingerprint density at radius 1 is 1.38 bits per heavy atom. The summed E-state index contributed by atoms with van der Waals surface area (Å²) in [6, 6.07) is -1.85. The number of fused-ring (bicyclic) bond motifs is 4. The van der Waals surface area contributed by atoms with Gasteiger partial charge in [0.1, 0.15) is 17.9 Å². The van der Waals surface area contributed by atoms with Gasteiger partial charge in [0.2, 0.25) is 0 Å². The van der Waals surface area contributed by atoms with Gasteiger partial charge in [-0.2, -0.15) is 26.7 Å². The van der Waals surface area contributed by atoms with Crippen LogP contribution in [0.5, 0.6) is 0 Å². The number of hydrogen-bond donors (Lipinski definition) is 3. The van der Waals surface area contributed by atoms with Crippen molar-refractivity contribution in [1.29, 1.82) is 0 Å². The molecule has 4 rings (SSSR count). The van der Waals surface area contributed by atoms with Crippen molar-refractivity contribution >= 4 is 33.7 Å². The molecule has 2 amide bonds. The zero-order chi connectivity index (χ0) is 21.6. The summed E-state index contributed by atoms with van der Waals surface area (Å²) in [6.07, 6.45) is -1.90. The van der Waals surface area contributed by atoms with E-state index in [2.05, 4.69) is 19.2 Å². The Hall–Kier alpha value is -2.76. The summed E-state index contributed by atoms with van der Waals surface area (Å²) >= 11 is 1.29. The fraction of sp³-hybridized carbons (Fsp3) is 0.333. The van der Waals surface area contributed by atoms with E-state index in [-0.39, 0.29) is 6.54 Å². The Kier molecular flexibility index (Phi) is 5.24. The van der Waals surface area contributed by atoms with Crippen LogP contribution in [0, 0.1) is 0 Å². The molecule has 1 fully saturated rings. The molecule has 0 radical (unpaired) electrons. The number of halogens is 3. The number of carbonyl (C=O) groups excluding carboxylic acids is 1. The first-order chi connectivity index (χ1) is 13.4. The van der Waals surface area contributed by atoms with Crippen LogP contribution in [-0.4, -0.2) is 67.7 Å². The van der Waals surface area contributed by atoms with Gasteiger partial charge < -0.3 is 15.0 Å². The summed E-state index contributed by atoms with van der Waals surface area (Å²) in [4.78, 5) is 34.8. The molecule has 29 heavy (non-hydrogen) atoms. The molecule has 2 aliphatic heterocycles. The first-order valence-electron chi connectivity index (χ1n) is 7.39. The van der Waals surface area contributed by atoms with E-state index in [1.165, 1.54) is 16.2 Å². The Balaban J connectivity index is 0.000000298. The standard InChI is InChI=1S/C10H9N5O5S2.C2HF3O2/c16-10-14-3-5(15(10)20-22(17,18)19)8-6(13-4-21-8)7(14)9-11-1-2-12-9;3-2(4,5)1(6)7/h1-2,4-5,7H,3H2,(H,11,12)(H,17,18,19);(H,6,7)/t5-,7?;/m0./s1. The number of aromatic amines is 1.